The molecule has 0 fully saturated rings. The van der Waals surface area contributed by atoms with Crippen LogP contribution >= 0.6 is 12.2 Å². The lowest BCUT2D eigenvalue weighted by atomic mass is 10.2. The van der Waals surface area contributed by atoms with Crippen molar-refractivity contribution in [1.82, 2.24) is 14.9 Å². The number of aromatic amines is 1. The molecule has 1 N–H and O–H groups in total. The standard InChI is InChI=1S/C14H18N4O3S/c1-5-21-13-11(19-3)6-10(7-12(13)20-4)8-15-18-9(2)16-17-14(18)22/h6-8H,5H2,1-4H3,(H,17,22)/b15-8-. The van der Waals surface area contributed by atoms with Crippen molar-refractivity contribution < 1.29 is 14.2 Å². The largest absolute Gasteiger partial charge is 0.493 e. The Labute approximate surface area is 133 Å². The van der Waals surface area contributed by atoms with Crippen LogP contribution in [0.5, 0.6) is 17.2 Å². The number of aromatic nitrogens is 3. The minimum Gasteiger partial charge on any atom is -0.493 e. The number of rotatable bonds is 6. The predicted molar refractivity (Wildman–Crippen MR) is 85.9 cm³/mol. The number of hydrogen-bond donors (Lipinski definition) is 1. The van der Waals surface area contributed by atoms with Gasteiger partial charge < -0.3 is 14.2 Å². The molecule has 1 aromatic heterocycles. The number of benzene rings is 1. The van der Waals surface area contributed by atoms with E-state index in [9.17, 15) is 0 Å². The molecule has 0 aliphatic carbocycles. The lowest BCUT2D eigenvalue weighted by molar-refractivity contribution is 0.288. The van der Waals surface area contributed by atoms with Gasteiger partial charge in [-0.2, -0.15) is 14.9 Å². The molecule has 7 nitrogen and oxygen atoms in total. The zero-order valence-electron chi connectivity index (χ0n) is 12.9. The molecular weight excluding hydrogens is 304 g/mol. The highest BCUT2D eigenvalue weighted by Gasteiger charge is 2.13. The third-order valence-electron chi connectivity index (χ3n) is 2.91. The van der Waals surface area contributed by atoms with Crippen LogP contribution in [0.3, 0.4) is 0 Å². The van der Waals surface area contributed by atoms with Crippen LogP contribution in [0, 0.1) is 11.7 Å². The van der Waals surface area contributed by atoms with Crippen molar-refractivity contribution in [3.8, 4) is 17.2 Å². The highest BCUT2D eigenvalue weighted by molar-refractivity contribution is 7.71. The second-order valence-corrected chi connectivity index (χ2v) is 4.71. The van der Waals surface area contributed by atoms with E-state index in [0.29, 0.717) is 34.5 Å². The Morgan fingerprint density at radius 3 is 2.41 bits per heavy atom. The molecular formula is C14H18N4O3S. The van der Waals surface area contributed by atoms with Crippen molar-refractivity contribution in [2.75, 3.05) is 20.8 Å². The number of methoxy groups -OCH3 is 2. The first-order valence-electron chi connectivity index (χ1n) is 6.67. The number of nitrogens with zero attached hydrogens (tertiary/aromatic N) is 3. The van der Waals surface area contributed by atoms with E-state index in [4.69, 9.17) is 26.4 Å². The van der Waals surface area contributed by atoms with Crippen LogP contribution in [0.25, 0.3) is 0 Å². The first-order valence-corrected chi connectivity index (χ1v) is 7.08. The molecule has 0 atom stereocenters. The van der Waals surface area contributed by atoms with Gasteiger partial charge in [-0.3, -0.25) is 5.10 Å². The fourth-order valence-electron chi connectivity index (χ4n) is 1.89. The average Bonchev–Trinajstić information content (AvgIpc) is 2.84. The zero-order chi connectivity index (χ0) is 16.1. The fraction of sp³-hybridized carbons (Fsp3) is 0.357. The highest BCUT2D eigenvalue weighted by atomic mass is 32.1. The normalized spacial score (nSPS) is 10.9. The fourth-order valence-corrected chi connectivity index (χ4v) is 2.12. The van der Waals surface area contributed by atoms with Gasteiger partial charge in [0.2, 0.25) is 10.5 Å². The molecule has 0 unspecified atom stereocenters. The van der Waals surface area contributed by atoms with Gasteiger partial charge in [-0.05, 0) is 38.2 Å². The molecule has 0 bridgehead atoms. The predicted octanol–water partition coefficient (Wildman–Crippen LogP) is 2.55. The van der Waals surface area contributed by atoms with Gasteiger partial charge in [0, 0.05) is 5.56 Å². The Hall–Kier alpha value is -2.35. The molecule has 1 aromatic carbocycles. The van der Waals surface area contributed by atoms with Crippen LogP contribution in [-0.4, -0.2) is 41.9 Å². The summed E-state index contributed by atoms with van der Waals surface area (Å²) in [6.07, 6.45) is 1.65. The Balaban J connectivity index is 2.42. The maximum Gasteiger partial charge on any atom is 0.216 e. The molecule has 0 amide bonds. The summed E-state index contributed by atoms with van der Waals surface area (Å²) in [5, 5.41) is 11.0. The molecule has 0 saturated carbocycles. The number of aryl methyl sites for hydroxylation is 1. The van der Waals surface area contributed by atoms with Gasteiger partial charge in [-0.1, -0.05) is 0 Å². The summed E-state index contributed by atoms with van der Waals surface area (Å²) >= 11 is 5.10. The third-order valence-corrected chi connectivity index (χ3v) is 3.17. The molecule has 1 heterocycles. The lowest BCUT2D eigenvalue weighted by Gasteiger charge is -2.14. The summed E-state index contributed by atoms with van der Waals surface area (Å²) in [6, 6.07) is 3.63. The van der Waals surface area contributed by atoms with Crippen LogP contribution in [0.2, 0.25) is 0 Å². The molecule has 118 valence electrons. The maximum absolute atomic E-state index is 5.56. The van der Waals surface area contributed by atoms with E-state index in [1.807, 2.05) is 26.0 Å². The zero-order valence-corrected chi connectivity index (χ0v) is 13.7. The van der Waals surface area contributed by atoms with Gasteiger partial charge in [-0.15, -0.1) is 0 Å². The molecule has 0 saturated heterocycles. The Morgan fingerprint density at radius 1 is 1.32 bits per heavy atom. The van der Waals surface area contributed by atoms with Crippen molar-refractivity contribution in [2.24, 2.45) is 5.10 Å². The number of ether oxygens (including phenoxy) is 3. The van der Waals surface area contributed by atoms with E-state index >= 15 is 0 Å². The van der Waals surface area contributed by atoms with E-state index in [0.717, 1.165) is 5.56 Å². The van der Waals surface area contributed by atoms with Gasteiger partial charge in [0.1, 0.15) is 5.82 Å². The SMILES string of the molecule is CCOc1c(OC)cc(/C=N\n2c(C)n[nH]c2=S)cc1OC. The second kappa shape index (κ2) is 7.08. The van der Waals surface area contributed by atoms with Gasteiger partial charge in [0.25, 0.3) is 0 Å². The monoisotopic (exact) mass is 322 g/mol. The first kappa shape index (κ1) is 16.0. The molecule has 0 spiro atoms. The van der Waals surface area contributed by atoms with E-state index < -0.39 is 0 Å². The van der Waals surface area contributed by atoms with Crippen LogP contribution in [0.1, 0.15) is 18.3 Å². The Morgan fingerprint density at radius 2 is 1.95 bits per heavy atom. The summed E-state index contributed by atoms with van der Waals surface area (Å²) in [7, 11) is 3.16. The summed E-state index contributed by atoms with van der Waals surface area (Å²) < 4.78 is 18.2. The first-order chi connectivity index (χ1) is 10.6. The highest BCUT2D eigenvalue weighted by Crippen LogP contribution is 2.38. The van der Waals surface area contributed by atoms with Crippen LogP contribution in [0.4, 0.5) is 0 Å². The molecule has 2 rings (SSSR count). The van der Waals surface area contributed by atoms with E-state index in [2.05, 4.69) is 15.3 Å². The van der Waals surface area contributed by atoms with Gasteiger partial charge in [-0.25, -0.2) is 0 Å². The maximum atomic E-state index is 5.56. The van der Waals surface area contributed by atoms with Crippen molar-refractivity contribution in [3.05, 3.63) is 28.3 Å². The number of H-pyrrole nitrogens is 1. The van der Waals surface area contributed by atoms with Gasteiger partial charge in [0.05, 0.1) is 27.0 Å². The van der Waals surface area contributed by atoms with Crippen LogP contribution in [-0.2, 0) is 0 Å². The van der Waals surface area contributed by atoms with E-state index in [1.165, 1.54) is 4.68 Å². The van der Waals surface area contributed by atoms with Gasteiger partial charge >= 0.3 is 0 Å². The lowest BCUT2D eigenvalue weighted by Crippen LogP contribution is -2.00. The summed E-state index contributed by atoms with van der Waals surface area (Å²) in [5.41, 5.74) is 0.791. The van der Waals surface area contributed by atoms with Crippen molar-refractivity contribution in [3.63, 3.8) is 0 Å². The third kappa shape index (κ3) is 3.28. The molecule has 2 aromatic rings. The topological polar surface area (TPSA) is 73.7 Å². The smallest absolute Gasteiger partial charge is 0.216 e. The summed E-state index contributed by atoms with van der Waals surface area (Å²) in [4.78, 5) is 0. The van der Waals surface area contributed by atoms with Gasteiger partial charge in [0.15, 0.2) is 11.5 Å². The minimum absolute atomic E-state index is 0.429. The molecule has 0 aliphatic rings. The Kier molecular flexibility index (Phi) is 5.16. The Bertz CT molecular complexity index is 711. The molecule has 22 heavy (non-hydrogen) atoms. The van der Waals surface area contributed by atoms with Crippen LogP contribution in [0.15, 0.2) is 17.2 Å². The number of hydrogen-bond acceptors (Lipinski definition) is 6. The van der Waals surface area contributed by atoms with E-state index in [-0.39, 0.29) is 0 Å². The summed E-state index contributed by atoms with van der Waals surface area (Å²) in [5.74, 6) is 2.40. The van der Waals surface area contributed by atoms with Crippen molar-refractivity contribution in [2.45, 2.75) is 13.8 Å². The van der Waals surface area contributed by atoms with Crippen molar-refractivity contribution >= 4 is 18.4 Å². The number of nitrogens with one attached hydrogen (secondary N) is 1. The van der Waals surface area contributed by atoms with Crippen LogP contribution < -0.4 is 14.2 Å². The average molecular weight is 322 g/mol. The van der Waals surface area contributed by atoms with E-state index in [1.54, 1.807) is 20.4 Å². The van der Waals surface area contributed by atoms with Crippen molar-refractivity contribution in [1.29, 1.82) is 0 Å². The quantitative estimate of drug-likeness (QED) is 0.653. The molecule has 8 heteroatoms. The molecule has 0 radical (unpaired) electrons. The second-order valence-electron chi connectivity index (χ2n) is 4.32. The molecule has 0 aliphatic heterocycles. The summed E-state index contributed by atoms with van der Waals surface area (Å²) in [6.45, 7) is 4.23. The minimum atomic E-state index is 0.429.